The third kappa shape index (κ3) is 5.14. The van der Waals surface area contributed by atoms with Crippen LogP contribution in [-0.4, -0.2) is 25.5 Å². The second-order valence-electron chi connectivity index (χ2n) is 6.51. The number of benzene rings is 2. The number of hydrogen-bond donors (Lipinski definition) is 1. The summed E-state index contributed by atoms with van der Waals surface area (Å²) in [6, 6.07) is 10.2. The maximum absolute atomic E-state index is 12.4. The lowest BCUT2D eigenvalue weighted by Gasteiger charge is -2.10. The lowest BCUT2D eigenvalue weighted by Crippen LogP contribution is -2.20. The van der Waals surface area contributed by atoms with E-state index in [0.29, 0.717) is 10.8 Å². The van der Waals surface area contributed by atoms with Gasteiger partial charge in [0.25, 0.3) is 5.69 Å². The molecule has 0 saturated heterocycles. The second-order valence-corrected chi connectivity index (χ2v) is 6.95. The fourth-order valence-corrected chi connectivity index (χ4v) is 3.03. The highest BCUT2D eigenvalue weighted by Gasteiger charge is 2.23. The summed E-state index contributed by atoms with van der Waals surface area (Å²) in [6.45, 7) is 2.65. The Bertz CT molecular complexity index is 1180. The van der Waals surface area contributed by atoms with E-state index < -0.39 is 15.8 Å². The van der Waals surface area contributed by atoms with Crippen LogP contribution in [0.4, 0.5) is 17.1 Å². The van der Waals surface area contributed by atoms with Gasteiger partial charge in [-0.25, -0.2) is 0 Å². The summed E-state index contributed by atoms with van der Waals surface area (Å²) in [5, 5.41) is 29.4. The summed E-state index contributed by atoms with van der Waals surface area (Å²) in [6.07, 6.45) is 0. The molecule has 0 saturated carbocycles. The zero-order valence-electron chi connectivity index (χ0n) is 16.4. The molecule has 0 unspecified atom stereocenters. The first-order valence-electron chi connectivity index (χ1n) is 8.85. The van der Waals surface area contributed by atoms with Crippen LogP contribution in [0.15, 0.2) is 42.5 Å². The van der Waals surface area contributed by atoms with Crippen molar-refractivity contribution in [2.45, 2.75) is 20.4 Å². The van der Waals surface area contributed by atoms with E-state index in [9.17, 15) is 25.0 Å². The number of nitrogens with zero attached hydrogens (tertiary/aromatic N) is 4. The molecule has 0 atom stereocenters. The Morgan fingerprint density at radius 3 is 2.35 bits per heavy atom. The van der Waals surface area contributed by atoms with Crippen molar-refractivity contribution >= 4 is 34.6 Å². The van der Waals surface area contributed by atoms with E-state index in [4.69, 9.17) is 16.3 Å². The van der Waals surface area contributed by atoms with Crippen LogP contribution in [0.5, 0.6) is 11.5 Å². The predicted octanol–water partition coefficient (Wildman–Crippen LogP) is 4.40. The Balaban J connectivity index is 1.81. The van der Waals surface area contributed by atoms with Gasteiger partial charge in [0.1, 0.15) is 29.4 Å². The lowest BCUT2D eigenvalue weighted by atomic mass is 10.2. The molecular formula is C19H16ClN5O6. The maximum Gasteiger partial charge on any atom is 0.312 e. The number of aromatic nitrogens is 2. The molecule has 3 rings (SSSR count). The molecule has 0 aliphatic heterocycles. The Labute approximate surface area is 180 Å². The monoisotopic (exact) mass is 445 g/mol. The first kappa shape index (κ1) is 21.7. The molecular weight excluding hydrogens is 430 g/mol. The van der Waals surface area contributed by atoms with E-state index in [-0.39, 0.29) is 40.7 Å². The number of nitro benzene ring substituents is 1. The van der Waals surface area contributed by atoms with Crippen LogP contribution in [-0.2, 0) is 11.3 Å². The number of carbonyl (C=O) groups excluding carboxylic acids is 1. The zero-order chi connectivity index (χ0) is 22.7. The van der Waals surface area contributed by atoms with E-state index in [1.165, 1.54) is 36.7 Å². The van der Waals surface area contributed by atoms with E-state index in [0.717, 1.165) is 0 Å². The molecule has 160 valence electrons. The van der Waals surface area contributed by atoms with E-state index >= 15 is 0 Å². The molecule has 0 aliphatic carbocycles. The number of halogens is 1. The Hall–Kier alpha value is -3.99. The highest BCUT2D eigenvalue weighted by atomic mass is 35.5. The summed E-state index contributed by atoms with van der Waals surface area (Å²) in [5.41, 5.74) is 0.0808. The van der Waals surface area contributed by atoms with Gasteiger partial charge in [-0.2, -0.15) is 5.10 Å². The van der Waals surface area contributed by atoms with E-state index in [1.54, 1.807) is 24.3 Å². The first-order valence-corrected chi connectivity index (χ1v) is 9.23. The highest BCUT2D eigenvalue weighted by molar-refractivity contribution is 6.30. The number of carbonyl (C=O) groups is 1. The van der Waals surface area contributed by atoms with Crippen molar-refractivity contribution in [3.8, 4) is 11.5 Å². The number of amides is 1. The summed E-state index contributed by atoms with van der Waals surface area (Å²) in [4.78, 5) is 33.6. The number of nitrogens with one attached hydrogen (secondary N) is 1. The van der Waals surface area contributed by atoms with Gasteiger partial charge in [0, 0.05) is 17.2 Å². The highest BCUT2D eigenvalue weighted by Crippen LogP contribution is 2.30. The van der Waals surface area contributed by atoms with Crippen molar-refractivity contribution in [2.24, 2.45) is 0 Å². The summed E-state index contributed by atoms with van der Waals surface area (Å²) < 4.78 is 6.82. The fourth-order valence-electron chi connectivity index (χ4n) is 2.90. The zero-order valence-corrected chi connectivity index (χ0v) is 17.1. The smallest absolute Gasteiger partial charge is 0.312 e. The van der Waals surface area contributed by atoms with Gasteiger partial charge in [-0.15, -0.1) is 0 Å². The SMILES string of the molecule is Cc1nn(CC(=O)Nc2cc(Oc3ccc(Cl)cc3)cc([N+](=O)[O-])c2)c(C)c1[N+](=O)[O-]. The molecule has 0 aliphatic rings. The van der Waals surface area contributed by atoms with E-state index in [2.05, 4.69) is 10.4 Å². The van der Waals surface area contributed by atoms with Gasteiger partial charge in [0.05, 0.1) is 21.6 Å². The number of anilines is 1. The molecule has 0 spiro atoms. The molecule has 0 fully saturated rings. The van der Waals surface area contributed by atoms with Crippen LogP contribution >= 0.6 is 11.6 Å². The largest absolute Gasteiger partial charge is 0.457 e. The van der Waals surface area contributed by atoms with Crippen molar-refractivity contribution in [3.63, 3.8) is 0 Å². The van der Waals surface area contributed by atoms with Crippen molar-refractivity contribution in [1.29, 1.82) is 0 Å². The minimum absolute atomic E-state index is 0.124. The molecule has 1 amide bonds. The molecule has 0 bridgehead atoms. The van der Waals surface area contributed by atoms with Crippen LogP contribution < -0.4 is 10.1 Å². The normalized spacial score (nSPS) is 10.5. The van der Waals surface area contributed by atoms with Gasteiger partial charge in [-0.05, 0) is 38.1 Å². The van der Waals surface area contributed by atoms with Crippen molar-refractivity contribution < 1.29 is 19.4 Å². The number of aryl methyl sites for hydroxylation is 1. The molecule has 1 heterocycles. The van der Waals surface area contributed by atoms with Gasteiger partial charge in [-0.1, -0.05) is 11.6 Å². The average Bonchev–Trinajstić information content (AvgIpc) is 2.96. The van der Waals surface area contributed by atoms with Crippen LogP contribution in [0.3, 0.4) is 0 Å². The molecule has 11 nitrogen and oxygen atoms in total. The number of non-ortho nitro benzene ring substituents is 1. The Kier molecular flexibility index (Phi) is 6.16. The fraction of sp³-hybridized carbons (Fsp3) is 0.158. The summed E-state index contributed by atoms with van der Waals surface area (Å²) in [5.74, 6) is -0.0378. The Morgan fingerprint density at radius 1 is 1.10 bits per heavy atom. The standard InChI is InChI=1S/C19H16ClN5O6/c1-11-19(25(29)30)12(2)23(22-11)10-18(26)21-14-7-15(24(27)28)9-17(8-14)31-16-5-3-13(20)4-6-16/h3-9H,10H2,1-2H3,(H,21,26). The number of hydrogen-bond acceptors (Lipinski definition) is 7. The minimum atomic E-state index is -0.616. The lowest BCUT2D eigenvalue weighted by molar-refractivity contribution is -0.386. The van der Waals surface area contributed by atoms with Gasteiger partial charge in [0.2, 0.25) is 5.91 Å². The molecule has 1 aromatic heterocycles. The molecule has 3 aromatic rings. The van der Waals surface area contributed by atoms with E-state index in [1.807, 2.05) is 0 Å². The van der Waals surface area contributed by atoms with Gasteiger partial charge in [-0.3, -0.25) is 29.7 Å². The topological polar surface area (TPSA) is 142 Å². The first-order chi connectivity index (χ1) is 14.6. The van der Waals surface area contributed by atoms with Crippen LogP contribution in [0, 0.1) is 34.1 Å². The molecule has 31 heavy (non-hydrogen) atoms. The van der Waals surface area contributed by atoms with Crippen molar-refractivity contribution in [1.82, 2.24) is 9.78 Å². The third-order valence-corrected chi connectivity index (χ3v) is 4.51. The summed E-state index contributed by atoms with van der Waals surface area (Å²) >= 11 is 5.83. The van der Waals surface area contributed by atoms with Gasteiger partial charge < -0.3 is 10.1 Å². The van der Waals surface area contributed by atoms with Crippen LogP contribution in [0.25, 0.3) is 0 Å². The Morgan fingerprint density at radius 2 is 1.77 bits per heavy atom. The third-order valence-electron chi connectivity index (χ3n) is 4.25. The van der Waals surface area contributed by atoms with Crippen molar-refractivity contribution in [3.05, 3.63) is 79.1 Å². The number of rotatable bonds is 7. The molecule has 12 heteroatoms. The number of ether oxygens (including phenoxy) is 1. The molecule has 2 aromatic carbocycles. The second kappa shape index (κ2) is 8.79. The van der Waals surface area contributed by atoms with Crippen LogP contribution in [0.1, 0.15) is 11.4 Å². The number of nitro groups is 2. The van der Waals surface area contributed by atoms with Crippen molar-refractivity contribution in [2.75, 3.05) is 5.32 Å². The quantitative estimate of drug-likeness (QED) is 0.419. The van der Waals surface area contributed by atoms with Gasteiger partial charge >= 0.3 is 5.69 Å². The molecule has 0 radical (unpaired) electrons. The summed E-state index contributed by atoms with van der Waals surface area (Å²) in [7, 11) is 0. The maximum atomic E-state index is 12.4. The average molecular weight is 446 g/mol. The molecule has 1 N–H and O–H groups in total. The van der Waals surface area contributed by atoms with Crippen LogP contribution in [0.2, 0.25) is 5.02 Å². The minimum Gasteiger partial charge on any atom is -0.457 e. The predicted molar refractivity (Wildman–Crippen MR) is 112 cm³/mol. The van der Waals surface area contributed by atoms with Gasteiger partial charge in [0.15, 0.2) is 0 Å².